The zero-order valence-electron chi connectivity index (χ0n) is 15.6. The normalized spacial score (nSPS) is 15.4. The van der Waals surface area contributed by atoms with Crippen LogP contribution in [-0.4, -0.2) is 49.6 Å². The van der Waals surface area contributed by atoms with Gasteiger partial charge in [0, 0.05) is 33.0 Å². The molecule has 1 aromatic heterocycles. The number of para-hydroxylation sites is 1. The van der Waals surface area contributed by atoms with Crippen molar-refractivity contribution < 1.29 is 13.9 Å². The molecule has 1 amide bonds. The Morgan fingerprint density at radius 1 is 1.19 bits per heavy atom. The van der Waals surface area contributed by atoms with Crippen LogP contribution in [0.2, 0.25) is 0 Å². The number of furan rings is 1. The van der Waals surface area contributed by atoms with Crippen LogP contribution in [0.25, 0.3) is 0 Å². The average molecular weight is 370 g/mol. The Bertz CT molecular complexity index is 723. The second-order valence-electron chi connectivity index (χ2n) is 6.37. The second kappa shape index (κ2) is 9.66. The number of hydrogen-bond donors (Lipinski definition) is 2. The minimum Gasteiger partial charge on any atom is -0.490 e. The molecule has 27 heavy (non-hydrogen) atoms. The van der Waals surface area contributed by atoms with Crippen molar-refractivity contribution in [2.75, 3.05) is 26.7 Å². The molecular weight excluding hydrogens is 344 g/mol. The van der Waals surface area contributed by atoms with Crippen LogP contribution in [0.15, 0.2) is 58.1 Å². The Balaban J connectivity index is 1.39. The molecule has 7 nitrogen and oxygen atoms in total. The highest BCUT2D eigenvalue weighted by Crippen LogP contribution is 2.18. The number of nitrogens with zero attached hydrogens (tertiary/aromatic N) is 2. The maximum atomic E-state index is 12.0. The van der Waals surface area contributed by atoms with Gasteiger partial charge < -0.3 is 24.7 Å². The number of rotatable bonds is 6. The molecule has 0 bridgehead atoms. The van der Waals surface area contributed by atoms with E-state index in [1.807, 2.05) is 36.4 Å². The SMILES string of the molecule is CN=C(NCC(=O)NCc1ccco1)N1CCC(Oc2ccccc2)CC1. The highest BCUT2D eigenvalue weighted by molar-refractivity contribution is 5.86. The maximum Gasteiger partial charge on any atom is 0.239 e. The van der Waals surface area contributed by atoms with Gasteiger partial charge in [-0.15, -0.1) is 0 Å². The smallest absolute Gasteiger partial charge is 0.239 e. The first-order valence-corrected chi connectivity index (χ1v) is 9.21. The first kappa shape index (κ1) is 18.8. The van der Waals surface area contributed by atoms with Crippen molar-refractivity contribution in [3.05, 3.63) is 54.5 Å². The molecule has 0 saturated carbocycles. The van der Waals surface area contributed by atoms with Crippen molar-refractivity contribution in [1.29, 1.82) is 0 Å². The van der Waals surface area contributed by atoms with E-state index >= 15 is 0 Å². The molecule has 1 aliphatic heterocycles. The largest absolute Gasteiger partial charge is 0.490 e. The molecule has 2 heterocycles. The third-order valence-corrected chi connectivity index (χ3v) is 4.45. The van der Waals surface area contributed by atoms with E-state index < -0.39 is 0 Å². The molecule has 1 saturated heterocycles. The summed E-state index contributed by atoms with van der Waals surface area (Å²) in [6, 6.07) is 13.5. The fourth-order valence-corrected chi connectivity index (χ4v) is 3.03. The Morgan fingerprint density at radius 3 is 2.63 bits per heavy atom. The van der Waals surface area contributed by atoms with Gasteiger partial charge in [0.2, 0.25) is 5.91 Å². The van der Waals surface area contributed by atoms with E-state index in [-0.39, 0.29) is 18.6 Å². The lowest BCUT2D eigenvalue weighted by Crippen LogP contribution is -2.49. The van der Waals surface area contributed by atoms with E-state index in [1.54, 1.807) is 19.4 Å². The second-order valence-corrected chi connectivity index (χ2v) is 6.37. The standard InChI is InChI=1S/C20H26N4O3/c1-21-20(23-15-19(25)22-14-18-8-5-13-26-18)24-11-9-17(10-12-24)27-16-6-3-2-4-7-16/h2-8,13,17H,9-12,14-15H2,1H3,(H,21,23)(H,22,25). The number of hydrogen-bond acceptors (Lipinski definition) is 4. The molecule has 0 radical (unpaired) electrons. The first-order valence-electron chi connectivity index (χ1n) is 9.21. The number of nitrogens with one attached hydrogen (secondary N) is 2. The van der Waals surface area contributed by atoms with Gasteiger partial charge in [-0.3, -0.25) is 9.79 Å². The number of guanidine groups is 1. The monoisotopic (exact) mass is 370 g/mol. The quantitative estimate of drug-likeness (QED) is 0.601. The van der Waals surface area contributed by atoms with Crippen LogP contribution < -0.4 is 15.4 Å². The lowest BCUT2D eigenvalue weighted by atomic mass is 10.1. The Hall–Kier alpha value is -2.96. The van der Waals surface area contributed by atoms with Crippen molar-refractivity contribution in [2.45, 2.75) is 25.5 Å². The molecular formula is C20H26N4O3. The van der Waals surface area contributed by atoms with Gasteiger partial charge in [0.25, 0.3) is 0 Å². The molecule has 2 aromatic rings. The van der Waals surface area contributed by atoms with Gasteiger partial charge in [0.15, 0.2) is 5.96 Å². The van der Waals surface area contributed by atoms with E-state index in [4.69, 9.17) is 9.15 Å². The predicted molar refractivity (Wildman–Crippen MR) is 104 cm³/mol. The number of ether oxygens (including phenoxy) is 1. The Kier molecular flexibility index (Phi) is 6.73. The Labute approximate surface area is 159 Å². The average Bonchev–Trinajstić information content (AvgIpc) is 3.22. The predicted octanol–water partition coefficient (Wildman–Crippen LogP) is 2.01. The van der Waals surface area contributed by atoms with Gasteiger partial charge in [-0.05, 0) is 24.3 Å². The summed E-state index contributed by atoms with van der Waals surface area (Å²) in [6.45, 7) is 2.23. The number of carbonyl (C=O) groups excluding carboxylic acids is 1. The summed E-state index contributed by atoms with van der Waals surface area (Å²) in [5.74, 6) is 2.27. The number of amides is 1. The van der Waals surface area contributed by atoms with E-state index in [0.717, 1.165) is 43.4 Å². The summed E-state index contributed by atoms with van der Waals surface area (Å²) < 4.78 is 11.2. The fourth-order valence-electron chi connectivity index (χ4n) is 3.03. The van der Waals surface area contributed by atoms with Gasteiger partial charge in [-0.1, -0.05) is 18.2 Å². The van der Waals surface area contributed by atoms with Gasteiger partial charge in [-0.25, -0.2) is 0 Å². The summed E-state index contributed by atoms with van der Waals surface area (Å²) in [5, 5.41) is 5.94. The Morgan fingerprint density at radius 2 is 1.96 bits per heavy atom. The number of piperidine rings is 1. The third kappa shape index (κ3) is 5.77. The summed E-state index contributed by atoms with van der Waals surface area (Å²) >= 11 is 0. The number of aliphatic imine (C=N–C) groups is 1. The lowest BCUT2D eigenvalue weighted by molar-refractivity contribution is -0.120. The van der Waals surface area contributed by atoms with Crippen molar-refractivity contribution in [3.8, 4) is 5.75 Å². The van der Waals surface area contributed by atoms with Crippen LogP contribution in [0, 0.1) is 0 Å². The van der Waals surface area contributed by atoms with Crippen LogP contribution >= 0.6 is 0 Å². The van der Waals surface area contributed by atoms with Crippen molar-refractivity contribution in [1.82, 2.24) is 15.5 Å². The summed E-state index contributed by atoms with van der Waals surface area (Å²) in [7, 11) is 1.73. The number of carbonyl (C=O) groups is 1. The third-order valence-electron chi connectivity index (χ3n) is 4.45. The van der Waals surface area contributed by atoms with Gasteiger partial charge in [-0.2, -0.15) is 0 Å². The number of benzene rings is 1. The number of likely N-dealkylation sites (tertiary alicyclic amines) is 1. The highest BCUT2D eigenvalue weighted by atomic mass is 16.5. The van der Waals surface area contributed by atoms with E-state index in [0.29, 0.717) is 6.54 Å². The molecule has 0 unspecified atom stereocenters. The molecule has 3 rings (SSSR count). The van der Waals surface area contributed by atoms with E-state index in [1.165, 1.54) is 0 Å². The summed E-state index contributed by atoms with van der Waals surface area (Å²) in [5.41, 5.74) is 0. The molecule has 2 N–H and O–H groups in total. The van der Waals surface area contributed by atoms with E-state index in [2.05, 4.69) is 20.5 Å². The van der Waals surface area contributed by atoms with Crippen molar-refractivity contribution in [3.63, 3.8) is 0 Å². The molecule has 1 aromatic carbocycles. The van der Waals surface area contributed by atoms with Crippen LogP contribution in [0.1, 0.15) is 18.6 Å². The van der Waals surface area contributed by atoms with Crippen molar-refractivity contribution in [2.24, 2.45) is 4.99 Å². The lowest BCUT2D eigenvalue weighted by Gasteiger charge is -2.34. The van der Waals surface area contributed by atoms with Crippen LogP contribution in [-0.2, 0) is 11.3 Å². The minimum atomic E-state index is -0.102. The molecule has 1 fully saturated rings. The van der Waals surface area contributed by atoms with Gasteiger partial charge in [0.05, 0.1) is 19.4 Å². The molecule has 0 spiro atoms. The van der Waals surface area contributed by atoms with Crippen molar-refractivity contribution >= 4 is 11.9 Å². The zero-order chi connectivity index (χ0) is 18.9. The topological polar surface area (TPSA) is 79.1 Å². The van der Waals surface area contributed by atoms with Crippen LogP contribution in [0.3, 0.4) is 0 Å². The molecule has 0 atom stereocenters. The highest BCUT2D eigenvalue weighted by Gasteiger charge is 2.23. The van der Waals surface area contributed by atoms with Crippen LogP contribution in [0.5, 0.6) is 5.75 Å². The van der Waals surface area contributed by atoms with Gasteiger partial charge in [0.1, 0.15) is 17.6 Å². The molecule has 144 valence electrons. The van der Waals surface area contributed by atoms with E-state index in [9.17, 15) is 4.79 Å². The summed E-state index contributed by atoms with van der Waals surface area (Å²) in [4.78, 5) is 18.4. The molecule has 0 aliphatic carbocycles. The van der Waals surface area contributed by atoms with Gasteiger partial charge >= 0.3 is 0 Å². The zero-order valence-corrected chi connectivity index (χ0v) is 15.6. The first-order chi connectivity index (χ1) is 13.2. The fraction of sp³-hybridized carbons (Fsp3) is 0.400. The summed E-state index contributed by atoms with van der Waals surface area (Å²) in [6.07, 6.45) is 3.63. The maximum absolute atomic E-state index is 12.0. The minimum absolute atomic E-state index is 0.102. The molecule has 7 heteroatoms. The molecule has 1 aliphatic rings. The van der Waals surface area contributed by atoms with Crippen LogP contribution in [0.4, 0.5) is 0 Å².